The van der Waals surface area contributed by atoms with E-state index in [0.717, 1.165) is 57.8 Å². The number of nitrogens with one attached hydrogen (secondary N) is 1. The first-order valence-electron chi connectivity index (χ1n) is 9.23. The Hall–Kier alpha value is -3.58. The second-order valence-corrected chi connectivity index (χ2v) is 7.40. The summed E-state index contributed by atoms with van der Waals surface area (Å²) in [5.74, 6) is 0.787. The molecule has 0 unspecified atom stereocenters. The van der Waals surface area contributed by atoms with Gasteiger partial charge in [-0.15, -0.1) is 0 Å². The number of pyridine rings is 2. The van der Waals surface area contributed by atoms with Gasteiger partial charge >= 0.3 is 0 Å². The molecular formula is C21H14ClN7. The molecule has 0 spiro atoms. The van der Waals surface area contributed by atoms with Gasteiger partial charge < -0.3 is 4.90 Å². The van der Waals surface area contributed by atoms with Crippen LogP contribution in [0.1, 0.15) is 5.56 Å². The van der Waals surface area contributed by atoms with Gasteiger partial charge in [0, 0.05) is 34.4 Å². The van der Waals surface area contributed by atoms with Crippen molar-refractivity contribution in [3.05, 3.63) is 65.7 Å². The number of halogens is 1. The summed E-state index contributed by atoms with van der Waals surface area (Å²) in [6.07, 6.45) is 6.08. The van der Waals surface area contributed by atoms with Gasteiger partial charge in [-0.05, 0) is 42.3 Å². The number of aromatic nitrogens is 6. The van der Waals surface area contributed by atoms with Gasteiger partial charge in [0.1, 0.15) is 11.8 Å². The highest BCUT2D eigenvalue weighted by Gasteiger charge is 2.24. The number of hydrogen-bond donors (Lipinski definition) is 1. The van der Waals surface area contributed by atoms with Gasteiger partial charge in [0.15, 0.2) is 11.5 Å². The maximum absolute atomic E-state index is 6.25. The van der Waals surface area contributed by atoms with E-state index in [9.17, 15) is 0 Å². The Morgan fingerprint density at radius 3 is 2.93 bits per heavy atom. The standard InChI is InChI=1S/C21H14ClN7/c22-15-2-1-12-5-6-29(18(12)8-15)21-19-17(24-11-25-21)4-3-16(27-19)13-7-14-10-26-28-20(14)23-9-13/h1-4,7-11H,5-6H2,(H,23,26,28). The molecule has 1 aliphatic heterocycles. The zero-order valence-corrected chi connectivity index (χ0v) is 15.9. The molecule has 5 aromatic rings. The highest BCUT2D eigenvalue weighted by Crippen LogP contribution is 2.37. The van der Waals surface area contributed by atoms with Gasteiger partial charge in [0.2, 0.25) is 0 Å². The highest BCUT2D eigenvalue weighted by atomic mass is 35.5. The fraction of sp³-hybridized carbons (Fsp3) is 0.0952. The Kier molecular flexibility index (Phi) is 3.51. The summed E-state index contributed by atoms with van der Waals surface area (Å²) in [4.78, 5) is 20.5. The van der Waals surface area contributed by atoms with Crippen LogP contribution in [-0.4, -0.2) is 36.7 Å². The first kappa shape index (κ1) is 16.4. The van der Waals surface area contributed by atoms with Gasteiger partial charge in [0.25, 0.3) is 0 Å². The van der Waals surface area contributed by atoms with Crippen molar-refractivity contribution in [2.45, 2.75) is 6.42 Å². The third-order valence-electron chi connectivity index (χ3n) is 5.25. The van der Waals surface area contributed by atoms with Crippen LogP contribution in [0.3, 0.4) is 0 Å². The molecule has 0 fully saturated rings. The van der Waals surface area contributed by atoms with E-state index in [-0.39, 0.29) is 0 Å². The molecule has 8 heteroatoms. The number of H-pyrrole nitrogens is 1. The van der Waals surface area contributed by atoms with Crippen LogP contribution in [0, 0.1) is 0 Å². The van der Waals surface area contributed by atoms with Gasteiger partial charge in [-0.25, -0.2) is 19.9 Å². The lowest BCUT2D eigenvalue weighted by molar-refractivity contribution is 0.971. The molecule has 6 rings (SSSR count). The summed E-state index contributed by atoms with van der Waals surface area (Å²) in [6.45, 7) is 0.830. The number of rotatable bonds is 2. The maximum atomic E-state index is 6.25. The van der Waals surface area contributed by atoms with E-state index >= 15 is 0 Å². The number of hydrogen-bond acceptors (Lipinski definition) is 6. The van der Waals surface area contributed by atoms with Crippen LogP contribution in [0.4, 0.5) is 11.5 Å². The first-order valence-corrected chi connectivity index (χ1v) is 9.61. The van der Waals surface area contributed by atoms with Crippen molar-refractivity contribution < 1.29 is 0 Å². The SMILES string of the molecule is Clc1ccc2c(c1)N(c1ncnc3ccc(-c4cnc5[nH]ncc5c4)nc13)CC2. The quantitative estimate of drug-likeness (QED) is 0.476. The largest absolute Gasteiger partial charge is 0.324 e. The molecule has 0 aliphatic carbocycles. The van der Waals surface area contributed by atoms with Crippen molar-refractivity contribution in [1.29, 1.82) is 0 Å². The monoisotopic (exact) mass is 399 g/mol. The molecule has 1 aromatic carbocycles. The lowest BCUT2D eigenvalue weighted by atomic mass is 10.1. The molecule has 29 heavy (non-hydrogen) atoms. The molecule has 1 aliphatic rings. The molecule has 5 heterocycles. The molecule has 0 saturated heterocycles. The topological polar surface area (TPSA) is 83.5 Å². The molecular weight excluding hydrogens is 386 g/mol. The predicted octanol–water partition coefficient (Wildman–Crippen LogP) is 4.31. The highest BCUT2D eigenvalue weighted by molar-refractivity contribution is 6.31. The smallest absolute Gasteiger partial charge is 0.163 e. The minimum atomic E-state index is 0.710. The van der Waals surface area contributed by atoms with Gasteiger partial charge in [0.05, 0.1) is 17.4 Å². The fourth-order valence-electron chi connectivity index (χ4n) is 3.83. The second kappa shape index (κ2) is 6.22. The number of nitrogens with zero attached hydrogens (tertiary/aromatic N) is 6. The normalized spacial score (nSPS) is 13.3. The third kappa shape index (κ3) is 2.62. The second-order valence-electron chi connectivity index (χ2n) is 6.97. The minimum Gasteiger partial charge on any atom is -0.324 e. The van der Waals surface area contributed by atoms with E-state index in [1.165, 1.54) is 5.56 Å². The Bertz CT molecular complexity index is 1390. The lowest BCUT2D eigenvalue weighted by Gasteiger charge is -2.19. The van der Waals surface area contributed by atoms with Gasteiger partial charge in [-0.1, -0.05) is 17.7 Å². The summed E-state index contributed by atoms with van der Waals surface area (Å²) < 4.78 is 0. The minimum absolute atomic E-state index is 0.710. The Morgan fingerprint density at radius 1 is 1.00 bits per heavy atom. The van der Waals surface area contributed by atoms with Gasteiger partial charge in [-0.3, -0.25) is 5.10 Å². The average Bonchev–Trinajstić information content (AvgIpc) is 3.39. The summed E-state index contributed by atoms with van der Waals surface area (Å²) in [5.41, 5.74) is 6.37. The van der Waals surface area contributed by atoms with E-state index in [1.54, 1.807) is 18.7 Å². The Balaban J connectivity index is 1.52. The zero-order chi connectivity index (χ0) is 19.4. The van der Waals surface area contributed by atoms with Crippen LogP contribution >= 0.6 is 11.6 Å². The zero-order valence-electron chi connectivity index (χ0n) is 15.2. The van der Waals surface area contributed by atoms with E-state index in [1.807, 2.05) is 30.3 Å². The van der Waals surface area contributed by atoms with Crippen LogP contribution < -0.4 is 4.90 Å². The molecule has 0 saturated carbocycles. The van der Waals surface area contributed by atoms with Crippen molar-refractivity contribution in [2.24, 2.45) is 0 Å². The molecule has 0 atom stereocenters. The number of benzene rings is 1. The van der Waals surface area contributed by atoms with Crippen molar-refractivity contribution in [2.75, 3.05) is 11.4 Å². The van der Waals surface area contributed by atoms with Crippen molar-refractivity contribution in [3.8, 4) is 11.3 Å². The van der Waals surface area contributed by atoms with Crippen molar-refractivity contribution in [3.63, 3.8) is 0 Å². The lowest BCUT2D eigenvalue weighted by Crippen LogP contribution is -2.16. The van der Waals surface area contributed by atoms with E-state index < -0.39 is 0 Å². The van der Waals surface area contributed by atoms with Crippen LogP contribution in [-0.2, 0) is 6.42 Å². The maximum Gasteiger partial charge on any atom is 0.163 e. The summed E-state index contributed by atoms with van der Waals surface area (Å²) in [6, 6.07) is 11.9. The molecule has 0 amide bonds. The molecule has 4 aromatic heterocycles. The number of fused-ring (bicyclic) bond motifs is 3. The number of anilines is 2. The molecule has 1 N–H and O–H groups in total. The predicted molar refractivity (Wildman–Crippen MR) is 112 cm³/mol. The molecule has 0 radical (unpaired) electrons. The number of aromatic amines is 1. The van der Waals surface area contributed by atoms with Crippen LogP contribution in [0.15, 0.2) is 55.1 Å². The summed E-state index contributed by atoms with van der Waals surface area (Å²) >= 11 is 6.25. The molecule has 0 bridgehead atoms. The Morgan fingerprint density at radius 2 is 1.97 bits per heavy atom. The summed E-state index contributed by atoms with van der Waals surface area (Å²) in [5, 5.41) is 8.56. The average molecular weight is 400 g/mol. The third-order valence-corrected chi connectivity index (χ3v) is 5.48. The summed E-state index contributed by atoms with van der Waals surface area (Å²) in [7, 11) is 0. The van der Waals surface area contributed by atoms with Crippen LogP contribution in [0.5, 0.6) is 0 Å². The van der Waals surface area contributed by atoms with Crippen LogP contribution in [0.25, 0.3) is 33.3 Å². The van der Waals surface area contributed by atoms with Crippen molar-refractivity contribution >= 4 is 45.2 Å². The van der Waals surface area contributed by atoms with Crippen LogP contribution in [0.2, 0.25) is 5.02 Å². The molecule has 7 nitrogen and oxygen atoms in total. The van der Waals surface area contributed by atoms with E-state index in [4.69, 9.17) is 16.6 Å². The Labute approximate surface area is 170 Å². The van der Waals surface area contributed by atoms with E-state index in [0.29, 0.717) is 5.02 Å². The molecule has 140 valence electrons. The fourth-order valence-corrected chi connectivity index (χ4v) is 4.00. The van der Waals surface area contributed by atoms with Crippen molar-refractivity contribution in [1.82, 2.24) is 30.1 Å². The van der Waals surface area contributed by atoms with Gasteiger partial charge in [-0.2, -0.15) is 5.10 Å². The van der Waals surface area contributed by atoms with E-state index in [2.05, 4.69) is 36.1 Å². The first-order chi connectivity index (χ1) is 14.3.